The van der Waals surface area contributed by atoms with Crippen LogP contribution < -0.4 is 10.1 Å². The highest BCUT2D eigenvalue weighted by Crippen LogP contribution is 2.32. The fourth-order valence-corrected chi connectivity index (χ4v) is 2.58. The lowest BCUT2D eigenvalue weighted by Gasteiger charge is -2.13. The molecule has 1 heterocycles. The maximum atomic E-state index is 6.05. The number of aromatic nitrogens is 2. The minimum Gasteiger partial charge on any atom is -0.457 e. The van der Waals surface area contributed by atoms with E-state index in [0.717, 1.165) is 22.6 Å². The topological polar surface area (TPSA) is 47.0 Å². The molecule has 2 aromatic carbocycles. The van der Waals surface area contributed by atoms with Gasteiger partial charge in [0.25, 0.3) is 0 Å². The fraction of sp³-hybridized carbons (Fsp3) is 0.111. The van der Waals surface area contributed by atoms with E-state index in [-0.39, 0.29) is 0 Å². The van der Waals surface area contributed by atoms with Crippen molar-refractivity contribution in [2.24, 2.45) is 0 Å². The van der Waals surface area contributed by atoms with E-state index in [1.807, 2.05) is 31.3 Å². The van der Waals surface area contributed by atoms with Crippen molar-refractivity contribution in [2.75, 3.05) is 7.05 Å². The van der Waals surface area contributed by atoms with Crippen molar-refractivity contribution in [3.63, 3.8) is 0 Å². The second-order valence-electron chi connectivity index (χ2n) is 5.13. The van der Waals surface area contributed by atoms with Gasteiger partial charge in [-0.3, -0.25) is 0 Å². The summed E-state index contributed by atoms with van der Waals surface area (Å²) in [4.78, 5) is 8.23. The molecule has 24 heavy (non-hydrogen) atoms. The molecule has 0 aliphatic heterocycles. The van der Waals surface area contributed by atoms with Gasteiger partial charge in [-0.15, -0.1) is 0 Å². The van der Waals surface area contributed by atoms with Crippen molar-refractivity contribution in [1.29, 1.82) is 0 Å². The van der Waals surface area contributed by atoms with Crippen LogP contribution in [0, 0.1) is 0 Å². The Kier molecular flexibility index (Phi) is 5.30. The van der Waals surface area contributed by atoms with Crippen LogP contribution in [0.25, 0.3) is 11.3 Å². The van der Waals surface area contributed by atoms with Crippen LogP contribution in [-0.4, -0.2) is 17.0 Å². The van der Waals surface area contributed by atoms with Crippen molar-refractivity contribution >= 4 is 23.2 Å². The first kappa shape index (κ1) is 16.7. The molecular weight excluding hydrogens is 345 g/mol. The van der Waals surface area contributed by atoms with Gasteiger partial charge in [0.2, 0.25) is 0 Å². The molecule has 0 aliphatic carbocycles. The second kappa shape index (κ2) is 7.62. The van der Waals surface area contributed by atoms with E-state index >= 15 is 0 Å². The lowest BCUT2D eigenvalue weighted by molar-refractivity contribution is 0.474. The number of ether oxygens (including phenoxy) is 1. The third-order valence-electron chi connectivity index (χ3n) is 3.42. The Morgan fingerprint density at radius 3 is 2.62 bits per heavy atom. The predicted octanol–water partition coefficient (Wildman–Crippen LogP) is 4.96. The number of rotatable bonds is 5. The van der Waals surface area contributed by atoms with Gasteiger partial charge in [0.1, 0.15) is 17.8 Å². The van der Waals surface area contributed by atoms with E-state index in [1.54, 1.807) is 24.4 Å². The average molecular weight is 360 g/mol. The van der Waals surface area contributed by atoms with E-state index in [9.17, 15) is 0 Å². The Morgan fingerprint density at radius 1 is 1.04 bits per heavy atom. The minimum atomic E-state index is 0.460. The average Bonchev–Trinajstić information content (AvgIpc) is 2.61. The monoisotopic (exact) mass is 359 g/mol. The van der Waals surface area contributed by atoms with Crippen molar-refractivity contribution in [3.8, 4) is 22.8 Å². The predicted molar refractivity (Wildman–Crippen MR) is 96.8 cm³/mol. The van der Waals surface area contributed by atoms with Gasteiger partial charge in [-0.1, -0.05) is 23.2 Å². The van der Waals surface area contributed by atoms with Gasteiger partial charge in [0.15, 0.2) is 0 Å². The molecule has 122 valence electrons. The highest BCUT2D eigenvalue weighted by molar-refractivity contribution is 6.42. The van der Waals surface area contributed by atoms with Crippen LogP contribution >= 0.6 is 23.2 Å². The number of nitrogens with zero attached hydrogens (tertiary/aromatic N) is 2. The summed E-state index contributed by atoms with van der Waals surface area (Å²) in [6, 6.07) is 13.0. The number of nitrogens with one attached hydrogen (secondary N) is 1. The van der Waals surface area contributed by atoms with Gasteiger partial charge in [0, 0.05) is 29.9 Å². The van der Waals surface area contributed by atoms with E-state index in [2.05, 4.69) is 15.3 Å². The van der Waals surface area contributed by atoms with Crippen LogP contribution in [-0.2, 0) is 6.54 Å². The van der Waals surface area contributed by atoms with Gasteiger partial charge >= 0.3 is 0 Å². The molecule has 0 bridgehead atoms. The zero-order chi connectivity index (χ0) is 16.9. The Morgan fingerprint density at radius 2 is 1.92 bits per heavy atom. The van der Waals surface area contributed by atoms with Crippen LogP contribution in [0.2, 0.25) is 10.0 Å². The van der Waals surface area contributed by atoms with Crippen LogP contribution in [0.1, 0.15) is 5.56 Å². The first-order chi connectivity index (χ1) is 11.7. The largest absolute Gasteiger partial charge is 0.457 e. The van der Waals surface area contributed by atoms with Crippen molar-refractivity contribution < 1.29 is 4.74 Å². The summed E-state index contributed by atoms with van der Waals surface area (Å²) < 4.78 is 5.97. The summed E-state index contributed by atoms with van der Waals surface area (Å²) in [6.07, 6.45) is 3.26. The molecule has 0 unspecified atom stereocenters. The number of benzene rings is 2. The normalized spacial score (nSPS) is 10.6. The zero-order valence-corrected chi connectivity index (χ0v) is 14.5. The number of hydrogen-bond acceptors (Lipinski definition) is 4. The molecular formula is C18H15Cl2N3O. The Balaban J connectivity index is 1.93. The van der Waals surface area contributed by atoms with E-state index in [4.69, 9.17) is 27.9 Å². The molecule has 0 aliphatic rings. The SMILES string of the molecule is CNCc1cc(-c2ccncn2)ccc1Oc1ccc(Cl)c(Cl)c1. The van der Waals surface area contributed by atoms with E-state index in [0.29, 0.717) is 22.3 Å². The molecule has 0 spiro atoms. The first-order valence-corrected chi connectivity index (χ1v) is 8.10. The first-order valence-electron chi connectivity index (χ1n) is 7.34. The molecule has 0 amide bonds. The van der Waals surface area contributed by atoms with Gasteiger partial charge in [-0.05, 0) is 43.4 Å². The Hall–Kier alpha value is -2.14. The summed E-state index contributed by atoms with van der Waals surface area (Å²) in [5.41, 5.74) is 2.88. The molecule has 1 N–H and O–H groups in total. The highest BCUT2D eigenvalue weighted by atomic mass is 35.5. The van der Waals surface area contributed by atoms with E-state index in [1.165, 1.54) is 6.33 Å². The van der Waals surface area contributed by atoms with Gasteiger partial charge in [0.05, 0.1) is 15.7 Å². The second-order valence-corrected chi connectivity index (χ2v) is 5.94. The van der Waals surface area contributed by atoms with Gasteiger partial charge < -0.3 is 10.1 Å². The van der Waals surface area contributed by atoms with Crippen LogP contribution in [0.5, 0.6) is 11.5 Å². The smallest absolute Gasteiger partial charge is 0.131 e. The van der Waals surface area contributed by atoms with Crippen molar-refractivity contribution in [1.82, 2.24) is 15.3 Å². The lowest BCUT2D eigenvalue weighted by Crippen LogP contribution is -2.06. The third-order valence-corrected chi connectivity index (χ3v) is 4.16. The summed E-state index contributed by atoms with van der Waals surface area (Å²) in [6.45, 7) is 0.662. The van der Waals surface area contributed by atoms with Gasteiger partial charge in [-0.25, -0.2) is 9.97 Å². The molecule has 0 radical (unpaired) electrons. The molecule has 3 rings (SSSR count). The maximum absolute atomic E-state index is 6.05. The summed E-state index contributed by atoms with van der Waals surface area (Å²) in [5, 5.41) is 4.11. The lowest BCUT2D eigenvalue weighted by atomic mass is 10.1. The van der Waals surface area contributed by atoms with Crippen LogP contribution in [0.3, 0.4) is 0 Å². The van der Waals surface area contributed by atoms with Crippen LogP contribution in [0.15, 0.2) is 55.0 Å². The maximum Gasteiger partial charge on any atom is 0.131 e. The zero-order valence-electron chi connectivity index (χ0n) is 13.0. The number of hydrogen-bond donors (Lipinski definition) is 1. The molecule has 0 atom stereocenters. The van der Waals surface area contributed by atoms with E-state index < -0.39 is 0 Å². The highest BCUT2D eigenvalue weighted by Gasteiger charge is 2.09. The summed E-state index contributed by atoms with van der Waals surface area (Å²) in [7, 11) is 1.89. The molecule has 0 saturated carbocycles. The van der Waals surface area contributed by atoms with Crippen LogP contribution in [0.4, 0.5) is 0 Å². The number of halogens is 2. The summed E-state index contributed by atoms with van der Waals surface area (Å²) >= 11 is 12.0. The standard InChI is InChI=1S/C18H15Cl2N3O/c1-21-10-13-8-12(17-6-7-22-11-23-17)2-5-18(13)24-14-3-4-15(19)16(20)9-14/h2-9,11,21H,10H2,1H3. The molecule has 0 saturated heterocycles. The molecule has 0 fully saturated rings. The third kappa shape index (κ3) is 3.85. The minimum absolute atomic E-state index is 0.460. The van der Waals surface area contributed by atoms with Crippen molar-refractivity contribution in [3.05, 3.63) is 70.6 Å². The Bertz CT molecular complexity index is 841. The quantitative estimate of drug-likeness (QED) is 0.699. The fourth-order valence-electron chi connectivity index (χ4n) is 2.30. The molecule has 6 heteroatoms. The molecule has 4 nitrogen and oxygen atoms in total. The Labute approximate surface area is 150 Å². The molecule has 3 aromatic rings. The molecule has 1 aromatic heterocycles. The summed E-state index contributed by atoms with van der Waals surface area (Å²) in [5.74, 6) is 1.39. The van der Waals surface area contributed by atoms with Crippen molar-refractivity contribution in [2.45, 2.75) is 6.54 Å². The van der Waals surface area contributed by atoms with Gasteiger partial charge in [-0.2, -0.15) is 0 Å².